The smallest absolute Gasteiger partial charge is 0.0650 e. The van der Waals surface area contributed by atoms with Crippen LogP contribution in [0.4, 0.5) is 0 Å². The zero-order valence-electron chi connectivity index (χ0n) is 12.1. The van der Waals surface area contributed by atoms with Crippen molar-refractivity contribution in [1.82, 2.24) is 9.78 Å². The standard InChI is InChI=1S/C17H21ClN2O/c18-14-5-3-4-13(10-14)11-17(21)12-15-8-9-20(19-15)16-6-1-2-7-16/h3-5,8-10,16-17,21H,1-2,6-7,11-12H2. The SMILES string of the molecule is OC(Cc1cccc(Cl)c1)Cc1ccn(C2CCCC2)n1. The molecule has 21 heavy (non-hydrogen) atoms. The molecule has 1 aromatic carbocycles. The van der Waals surface area contributed by atoms with Gasteiger partial charge in [-0.2, -0.15) is 5.10 Å². The van der Waals surface area contributed by atoms with Gasteiger partial charge in [-0.3, -0.25) is 4.68 Å². The summed E-state index contributed by atoms with van der Waals surface area (Å²) in [5.74, 6) is 0. The Hall–Kier alpha value is -1.32. The summed E-state index contributed by atoms with van der Waals surface area (Å²) in [6.45, 7) is 0. The number of aliphatic hydroxyl groups is 1. The quantitative estimate of drug-likeness (QED) is 0.912. The van der Waals surface area contributed by atoms with Crippen molar-refractivity contribution < 1.29 is 5.11 Å². The molecule has 0 spiro atoms. The van der Waals surface area contributed by atoms with E-state index in [0.29, 0.717) is 23.9 Å². The van der Waals surface area contributed by atoms with Crippen molar-refractivity contribution in [1.29, 1.82) is 0 Å². The maximum atomic E-state index is 10.2. The third-order valence-corrected chi connectivity index (χ3v) is 4.40. The number of rotatable bonds is 5. The van der Waals surface area contributed by atoms with Gasteiger partial charge in [-0.05, 0) is 43.0 Å². The van der Waals surface area contributed by atoms with Gasteiger partial charge < -0.3 is 5.11 Å². The van der Waals surface area contributed by atoms with Gasteiger partial charge in [0, 0.05) is 17.6 Å². The van der Waals surface area contributed by atoms with Crippen LogP contribution in [-0.2, 0) is 12.8 Å². The highest BCUT2D eigenvalue weighted by Crippen LogP contribution is 2.28. The Bertz CT molecular complexity index is 590. The van der Waals surface area contributed by atoms with Crippen molar-refractivity contribution in [2.75, 3.05) is 0 Å². The Balaban J connectivity index is 1.58. The minimum atomic E-state index is -0.421. The van der Waals surface area contributed by atoms with Crippen molar-refractivity contribution in [2.24, 2.45) is 0 Å². The summed E-state index contributed by atoms with van der Waals surface area (Å²) in [5, 5.41) is 15.6. The molecule has 2 aromatic rings. The minimum Gasteiger partial charge on any atom is -0.392 e. The molecule has 0 aliphatic heterocycles. The molecule has 0 bridgehead atoms. The van der Waals surface area contributed by atoms with Crippen LogP contribution in [0.3, 0.4) is 0 Å². The Morgan fingerprint density at radius 3 is 2.81 bits per heavy atom. The normalized spacial score (nSPS) is 17.2. The molecule has 1 aliphatic carbocycles. The first-order valence-electron chi connectivity index (χ1n) is 7.67. The lowest BCUT2D eigenvalue weighted by atomic mass is 10.0. The Morgan fingerprint density at radius 1 is 1.24 bits per heavy atom. The van der Waals surface area contributed by atoms with Crippen LogP contribution in [0.25, 0.3) is 0 Å². The molecule has 1 aromatic heterocycles. The number of aliphatic hydroxyl groups excluding tert-OH is 1. The highest BCUT2D eigenvalue weighted by molar-refractivity contribution is 6.30. The van der Waals surface area contributed by atoms with Crippen molar-refractivity contribution in [2.45, 2.75) is 50.7 Å². The van der Waals surface area contributed by atoms with Crippen molar-refractivity contribution in [3.63, 3.8) is 0 Å². The second kappa shape index (κ2) is 6.63. The molecule has 3 rings (SSSR count). The zero-order valence-corrected chi connectivity index (χ0v) is 12.8. The molecule has 1 unspecified atom stereocenters. The van der Waals surface area contributed by atoms with Crippen LogP contribution < -0.4 is 0 Å². The van der Waals surface area contributed by atoms with Crippen LogP contribution in [0.2, 0.25) is 5.02 Å². The predicted molar refractivity (Wildman–Crippen MR) is 84.6 cm³/mol. The van der Waals surface area contributed by atoms with Crippen molar-refractivity contribution in [3.8, 4) is 0 Å². The first-order valence-corrected chi connectivity index (χ1v) is 8.05. The van der Waals surface area contributed by atoms with Gasteiger partial charge in [0.05, 0.1) is 17.8 Å². The van der Waals surface area contributed by atoms with Crippen molar-refractivity contribution in [3.05, 3.63) is 52.8 Å². The van der Waals surface area contributed by atoms with E-state index >= 15 is 0 Å². The van der Waals surface area contributed by atoms with Gasteiger partial charge >= 0.3 is 0 Å². The largest absolute Gasteiger partial charge is 0.392 e. The highest BCUT2D eigenvalue weighted by Gasteiger charge is 2.18. The topological polar surface area (TPSA) is 38.0 Å². The first kappa shape index (κ1) is 14.6. The molecule has 1 fully saturated rings. The lowest BCUT2D eigenvalue weighted by Gasteiger charge is -2.11. The van der Waals surface area contributed by atoms with Crippen LogP contribution in [0.1, 0.15) is 43.0 Å². The van der Waals surface area contributed by atoms with E-state index in [1.54, 1.807) is 0 Å². The highest BCUT2D eigenvalue weighted by atomic mass is 35.5. The molecule has 3 nitrogen and oxygen atoms in total. The fraction of sp³-hybridized carbons (Fsp3) is 0.471. The van der Waals surface area contributed by atoms with Gasteiger partial charge in [0.15, 0.2) is 0 Å². The Labute approximate surface area is 130 Å². The third kappa shape index (κ3) is 3.86. The Morgan fingerprint density at radius 2 is 2.05 bits per heavy atom. The number of hydrogen-bond acceptors (Lipinski definition) is 2. The number of hydrogen-bond donors (Lipinski definition) is 1. The van der Waals surface area contributed by atoms with E-state index in [1.807, 2.05) is 30.3 Å². The molecule has 4 heteroatoms. The average molecular weight is 305 g/mol. The molecular formula is C17H21ClN2O. The summed E-state index contributed by atoms with van der Waals surface area (Å²) in [6, 6.07) is 10.2. The summed E-state index contributed by atoms with van der Waals surface area (Å²) >= 11 is 5.97. The van der Waals surface area contributed by atoms with E-state index in [2.05, 4.69) is 16.0 Å². The summed E-state index contributed by atoms with van der Waals surface area (Å²) in [7, 11) is 0. The molecule has 1 saturated carbocycles. The molecule has 1 aliphatic rings. The van der Waals surface area contributed by atoms with Gasteiger partial charge in [0.1, 0.15) is 0 Å². The molecule has 0 radical (unpaired) electrons. The lowest BCUT2D eigenvalue weighted by molar-refractivity contribution is 0.174. The van der Waals surface area contributed by atoms with E-state index in [-0.39, 0.29) is 0 Å². The van der Waals surface area contributed by atoms with Crippen LogP contribution >= 0.6 is 11.6 Å². The lowest BCUT2D eigenvalue weighted by Crippen LogP contribution is -2.15. The molecule has 1 atom stereocenters. The number of benzene rings is 1. The average Bonchev–Trinajstić information content (AvgIpc) is 3.08. The summed E-state index contributed by atoms with van der Waals surface area (Å²) in [5.41, 5.74) is 2.03. The molecule has 112 valence electrons. The van der Waals surface area contributed by atoms with Gasteiger partial charge in [-0.1, -0.05) is 36.6 Å². The molecule has 0 amide bonds. The van der Waals surface area contributed by atoms with Gasteiger partial charge in [-0.15, -0.1) is 0 Å². The number of aromatic nitrogens is 2. The van der Waals surface area contributed by atoms with Crippen LogP contribution in [0.5, 0.6) is 0 Å². The summed E-state index contributed by atoms with van der Waals surface area (Å²) in [4.78, 5) is 0. The predicted octanol–water partition coefficient (Wildman–Crippen LogP) is 3.80. The monoisotopic (exact) mass is 304 g/mol. The second-order valence-corrected chi connectivity index (χ2v) is 6.35. The summed E-state index contributed by atoms with van der Waals surface area (Å²) < 4.78 is 2.08. The molecule has 0 saturated heterocycles. The van der Waals surface area contributed by atoms with Crippen molar-refractivity contribution >= 4 is 11.6 Å². The third-order valence-electron chi connectivity index (χ3n) is 4.17. The summed E-state index contributed by atoms with van der Waals surface area (Å²) in [6.07, 6.45) is 7.89. The van der Waals surface area contributed by atoms with Crippen LogP contribution in [0.15, 0.2) is 36.5 Å². The van der Waals surface area contributed by atoms with E-state index in [9.17, 15) is 5.11 Å². The van der Waals surface area contributed by atoms with E-state index in [0.717, 1.165) is 11.3 Å². The Kier molecular flexibility index (Phi) is 4.61. The van der Waals surface area contributed by atoms with E-state index in [4.69, 9.17) is 11.6 Å². The minimum absolute atomic E-state index is 0.421. The zero-order chi connectivity index (χ0) is 14.7. The molecule has 1 heterocycles. The van der Waals surface area contributed by atoms with Gasteiger partial charge in [-0.25, -0.2) is 0 Å². The molecular weight excluding hydrogens is 284 g/mol. The van der Waals surface area contributed by atoms with E-state index in [1.165, 1.54) is 25.7 Å². The van der Waals surface area contributed by atoms with E-state index < -0.39 is 6.10 Å². The van der Waals surface area contributed by atoms with Gasteiger partial charge in [0.2, 0.25) is 0 Å². The fourth-order valence-electron chi connectivity index (χ4n) is 3.11. The number of nitrogens with zero attached hydrogens (tertiary/aromatic N) is 2. The molecule has 1 N–H and O–H groups in total. The maximum absolute atomic E-state index is 10.2. The van der Waals surface area contributed by atoms with Crippen LogP contribution in [-0.4, -0.2) is 21.0 Å². The fourth-order valence-corrected chi connectivity index (χ4v) is 3.32. The maximum Gasteiger partial charge on any atom is 0.0650 e. The van der Waals surface area contributed by atoms with Gasteiger partial charge in [0.25, 0.3) is 0 Å². The first-order chi connectivity index (χ1) is 10.2. The second-order valence-electron chi connectivity index (χ2n) is 5.92. The number of halogens is 1. The van der Waals surface area contributed by atoms with Crippen LogP contribution in [0, 0.1) is 0 Å².